The third-order valence-electron chi connectivity index (χ3n) is 4.91. The van der Waals surface area contributed by atoms with Crippen molar-refractivity contribution in [3.05, 3.63) is 69.9 Å². The molecular weight excluding hydrogens is 360 g/mol. The van der Waals surface area contributed by atoms with Crippen molar-refractivity contribution in [3.63, 3.8) is 0 Å². The second-order valence-electron chi connectivity index (χ2n) is 6.60. The number of ether oxygens (including phenoxy) is 1. The average Bonchev–Trinajstić information content (AvgIpc) is 3.34. The molecule has 140 valence electrons. The standard InChI is InChI=1S/C20H22N4O2S/c1-23-10-8-21-19(23)18(14-4-3-5-16(12-14)26-2)22-20(25)24-9-6-17-15(13-24)7-11-27-17/h3-5,7-8,10-12,18H,6,9,13H2,1-2H3,(H,22,25). The van der Waals surface area contributed by atoms with Crippen LogP contribution in [0.3, 0.4) is 0 Å². The summed E-state index contributed by atoms with van der Waals surface area (Å²) in [5.74, 6) is 1.53. The summed E-state index contributed by atoms with van der Waals surface area (Å²) in [6.45, 7) is 1.38. The maximum atomic E-state index is 13.0. The summed E-state index contributed by atoms with van der Waals surface area (Å²) in [7, 11) is 3.57. The Kier molecular flexibility index (Phi) is 4.85. The second-order valence-corrected chi connectivity index (χ2v) is 7.60. The summed E-state index contributed by atoms with van der Waals surface area (Å²) in [6, 6.07) is 9.41. The van der Waals surface area contributed by atoms with Crippen molar-refractivity contribution in [2.24, 2.45) is 7.05 Å². The molecule has 2 aromatic heterocycles. The molecule has 1 N–H and O–H groups in total. The Morgan fingerprint density at radius 3 is 3.04 bits per heavy atom. The van der Waals surface area contributed by atoms with Gasteiger partial charge in [-0.2, -0.15) is 0 Å². The van der Waals surface area contributed by atoms with E-state index in [0.29, 0.717) is 6.54 Å². The summed E-state index contributed by atoms with van der Waals surface area (Å²) in [5, 5.41) is 5.27. The Bertz CT molecular complexity index is 949. The molecule has 7 heteroatoms. The minimum Gasteiger partial charge on any atom is -0.497 e. The molecule has 1 aliphatic heterocycles. The number of hydrogen-bond donors (Lipinski definition) is 1. The highest BCUT2D eigenvalue weighted by Gasteiger charge is 2.26. The number of benzene rings is 1. The van der Waals surface area contributed by atoms with E-state index in [-0.39, 0.29) is 12.1 Å². The van der Waals surface area contributed by atoms with Crippen molar-refractivity contribution in [2.45, 2.75) is 19.0 Å². The van der Waals surface area contributed by atoms with E-state index in [4.69, 9.17) is 4.74 Å². The molecule has 3 aromatic rings. The van der Waals surface area contributed by atoms with E-state index in [1.165, 1.54) is 10.4 Å². The number of fused-ring (bicyclic) bond motifs is 1. The number of amides is 2. The largest absolute Gasteiger partial charge is 0.497 e. The zero-order chi connectivity index (χ0) is 18.8. The molecule has 27 heavy (non-hydrogen) atoms. The van der Waals surface area contributed by atoms with Crippen LogP contribution in [0.1, 0.15) is 27.9 Å². The smallest absolute Gasteiger partial charge is 0.318 e. The van der Waals surface area contributed by atoms with Crippen LogP contribution >= 0.6 is 11.3 Å². The lowest BCUT2D eigenvalue weighted by Crippen LogP contribution is -2.44. The number of imidazole rings is 1. The molecule has 1 atom stereocenters. The minimum absolute atomic E-state index is 0.0809. The fourth-order valence-electron chi connectivity index (χ4n) is 3.41. The van der Waals surface area contributed by atoms with Gasteiger partial charge in [0.2, 0.25) is 0 Å². The molecule has 0 aliphatic carbocycles. The predicted molar refractivity (Wildman–Crippen MR) is 105 cm³/mol. The number of carbonyl (C=O) groups excluding carboxylic acids is 1. The third kappa shape index (κ3) is 3.55. The molecule has 0 radical (unpaired) electrons. The molecule has 0 spiro atoms. The van der Waals surface area contributed by atoms with Crippen LogP contribution in [0.15, 0.2) is 48.1 Å². The van der Waals surface area contributed by atoms with E-state index in [0.717, 1.165) is 30.1 Å². The van der Waals surface area contributed by atoms with Gasteiger partial charge in [-0.25, -0.2) is 9.78 Å². The summed E-state index contributed by atoms with van der Waals surface area (Å²) in [5.41, 5.74) is 2.18. The maximum absolute atomic E-state index is 13.0. The van der Waals surface area contributed by atoms with E-state index in [1.54, 1.807) is 24.6 Å². The highest BCUT2D eigenvalue weighted by atomic mass is 32.1. The van der Waals surface area contributed by atoms with Crippen LogP contribution in [0.5, 0.6) is 5.75 Å². The highest BCUT2D eigenvalue weighted by Crippen LogP contribution is 2.27. The minimum atomic E-state index is -0.350. The third-order valence-corrected chi connectivity index (χ3v) is 5.93. The topological polar surface area (TPSA) is 59.4 Å². The van der Waals surface area contributed by atoms with E-state index in [2.05, 4.69) is 21.7 Å². The lowest BCUT2D eigenvalue weighted by Gasteiger charge is -2.29. The molecule has 0 fully saturated rings. The van der Waals surface area contributed by atoms with Crippen LogP contribution in [0, 0.1) is 0 Å². The zero-order valence-corrected chi connectivity index (χ0v) is 16.2. The van der Waals surface area contributed by atoms with Crippen LogP contribution in [-0.2, 0) is 20.0 Å². The van der Waals surface area contributed by atoms with Gasteiger partial charge in [0.1, 0.15) is 17.6 Å². The fraction of sp³-hybridized carbons (Fsp3) is 0.300. The number of carbonyl (C=O) groups is 1. The average molecular weight is 382 g/mol. The van der Waals surface area contributed by atoms with E-state index in [9.17, 15) is 4.79 Å². The first kappa shape index (κ1) is 17.6. The van der Waals surface area contributed by atoms with Gasteiger partial charge in [0.05, 0.1) is 7.11 Å². The summed E-state index contributed by atoms with van der Waals surface area (Å²) in [4.78, 5) is 20.7. The van der Waals surface area contributed by atoms with Gasteiger partial charge in [-0.15, -0.1) is 11.3 Å². The first-order chi connectivity index (χ1) is 13.2. The SMILES string of the molecule is COc1cccc(C(NC(=O)N2CCc3sccc3C2)c2nccn2C)c1. The summed E-state index contributed by atoms with van der Waals surface area (Å²) < 4.78 is 7.28. The van der Waals surface area contributed by atoms with E-state index >= 15 is 0 Å². The normalized spacial score (nSPS) is 14.5. The lowest BCUT2D eigenvalue weighted by molar-refractivity contribution is 0.190. The van der Waals surface area contributed by atoms with Gasteiger partial charge in [0, 0.05) is 37.4 Å². The molecule has 3 heterocycles. The Hall–Kier alpha value is -2.80. The van der Waals surface area contributed by atoms with Gasteiger partial charge >= 0.3 is 6.03 Å². The van der Waals surface area contributed by atoms with Crippen molar-refractivity contribution in [3.8, 4) is 5.75 Å². The van der Waals surface area contributed by atoms with Crippen molar-refractivity contribution >= 4 is 17.4 Å². The monoisotopic (exact) mass is 382 g/mol. The van der Waals surface area contributed by atoms with E-state index < -0.39 is 0 Å². The van der Waals surface area contributed by atoms with Gasteiger partial charge < -0.3 is 19.5 Å². The maximum Gasteiger partial charge on any atom is 0.318 e. The molecule has 0 saturated heterocycles. The van der Waals surface area contributed by atoms with Crippen LogP contribution in [0.2, 0.25) is 0 Å². The van der Waals surface area contributed by atoms with Crippen LogP contribution in [0.25, 0.3) is 0 Å². The van der Waals surface area contributed by atoms with Gasteiger partial charge in [-0.3, -0.25) is 0 Å². The van der Waals surface area contributed by atoms with Crippen molar-refractivity contribution in [2.75, 3.05) is 13.7 Å². The number of methoxy groups -OCH3 is 1. The Morgan fingerprint density at radius 1 is 1.37 bits per heavy atom. The quantitative estimate of drug-likeness (QED) is 0.753. The fourth-order valence-corrected chi connectivity index (χ4v) is 4.30. The van der Waals surface area contributed by atoms with Crippen LogP contribution < -0.4 is 10.1 Å². The Balaban J connectivity index is 1.60. The number of aromatic nitrogens is 2. The number of hydrogen-bond acceptors (Lipinski definition) is 4. The predicted octanol–water partition coefficient (Wildman–Crippen LogP) is 3.35. The summed E-state index contributed by atoms with van der Waals surface area (Å²) in [6.07, 6.45) is 4.53. The Labute approximate surface area is 162 Å². The number of rotatable bonds is 4. The molecule has 2 amide bonds. The first-order valence-electron chi connectivity index (χ1n) is 8.87. The molecule has 6 nitrogen and oxygen atoms in total. The molecule has 0 saturated carbocycles. The second kappa shape index (κ2) is 7.44. The Morgan fingerprint density at radius 2 is 2.26 bits per heavy atom. The van der Waals surface area contributed by atoms with Crippen LogP contribution in [-0.4, -0.2) is 34.1 Å². The van der Waals surface area contributed by atoms with Gasteiger partial charge in [-0.05, 0) is 41.1 Å². The van der Waals surface area contributed by atoms with Crippen molar-refractivity contribution < 1.29 is 9.53 Å². The molecule has 0 bridgehead atoms. The van der Waals surface area contributed by atoms with Crippen molar-refractivity contribution in [1.82, 2.24) is 19.8 Å². The molecule has 1 aliphatic rings. The summed E-state index contributed by atoms with van der Waals surface area (Å²) >= 11 is 1.77. The molecule has 1 aromatic carbocycles. The number of aryl methyl sites for hydroxylation is 1. The number of nitrogens with zero attached hydrogens (tertiary/aromatic N) is 3. The lowest BCUT2D eigenvalue weighted by atomic mass is 10.1. The highest BCUT2D eigenvalue weighted by molar-refractivity contribution is 7.10. The van der Waals surface area contributed by atoms with E-state index in [1.807, 2.05) is 47.0 Å². The van der Waals surface area contributed by atoms with Gasteiger partial charge in [0.15, 0.2) is 0 Å². The number of thiophene rings is 1. The molecular formula is C20H22N4O2S. The van der Waals surface area contributed by atoms with Crippen molar-refractivity contribution in [1.29, 1.82) is 0 Å². The first-order valence-corrected chi connectivity index (χ1v) is 9.75. The number of urea groups is 1. The number of nitrogens with one attached hydrogen (secondary N) is 1. The molecule has 1 unspecified atom stereocenters. The van der Waals surface area contributed by atoms with Gasteiger partial charge in [0.25, 0.3) is 0 Å². The molecule has 4 rings (SSSR count). The van der Waals surface area contributed by atoms with Crippen LogP contribution in [0.4, 0.5) is 4.79 Å². The zero-order valence-electron chi connectivity index (χ0n) is 15.4. The van der Waals surface area contributed by atoms with Gasteiger partial charge in [-0.1, -0.05) is 12.1 Å².